The molecule has 1 aromatic heterocycles. The quantitative estimate of drug-likeness (QED) is 0.607. The molecule has 2 N–H and O–H groups in total. The van der Waals surface area contributed by atoms with Crippen LogP contribution in [-0.2, 0) is 4.79 Å². The Hall–Kier alpha value is -2.82. The van der Waals surface area contributed by atoms with Crippen LogP contribution in [0.25, 0.3) is 5.57 Å². The van der Waals surface area contributed by atoms with Crippen molar-refractivity contribution >= 4 is 17.4 Å². The highest BCUT2D eigenvalue weighted by Gasteiger charge is 2.07. The number of hydrogen-bond donors (Lipinski definition) is 2. The number of benzene rings is 1. The summed E-state index contributed by atoms with van der Waals surface area (Å²) in [5.41, 5.74) is 3.21. The van der Waals surface area contributed by atoms with Gasteiger partial charge >= 0.3 is 0 Å². The molecule has 126 valence electrons. The maximum absolute atomic E-state index is 12.0. The molecule has 0 saturated heterocycles. The summed E-state index contributed by atoms with van der Waals surface area (Å²) in [6.07, 6.45) is 3.82. The summed E-state index contributed by atoms with van der Waals surface area (Å²) < 4.78 is 4.99. The summed E-state index contributed by atoms with van der Waals surface area (Å²) in [5.74, 6) is -0.202. The van der Waals surface area contributed by atoms with Gasteiger partial charge in [0.1, 0.15) is 0 Å². The zero-order valence-corrected chi connectivity index (χ0v) is 14.0. The molecule has 0 aliphatic heterocycles. The lowest BCUT2D eigenvalue weighted by molar-refractivity contribution is -0.116. The van der Waals surface area contributed by atoms with E-state index in [2.05, 4.69) is 10.6 Å². The van der Waals surface area contributed by atoms with Crippen molar-refractivity contribution in [3.63, 3.8) is 0 Å². The van der Waals surface area contributed by atoms with Crippen molar-refractivity contribution in [2.24, 2.45) is 0 Å². The minimum atomic E-state index is -0.293. The average Bonchev–Trinajstić information content (AvgIpc) is 3.12. The van der Waals surface area contributed by atoms with Crippen LogP contribution >= 0.6 is 0 Å². The van der Waals surface area contributed by atoms with E-state index in [1.165, 1.54) is 11.8 Å². The lowest BCUT2D eigenvalue weighted by Crippen LogP contribution is -2.33. The Morgan fingerprint density at radius 1 is 1.08 bits per heavy atom. The molecular weight excluding hydrogens is 304 g/mol. The first-order valence-electron chi connectivity index (χ1n) is 7.97. The van der Waals surface area contributed by atoms with E-state index >= 15 is 0 Å². The van der Waals surface area contributed by atoms with Gasteiger partial charge in [0.05, 0.1) is 6.26 Å². The highest BCUT2D eigenvalue weighted by molar-refractivity contribution is 5.95. The van der Waals surface area contributed by atoms with Crippen LogP contribution in [-0.4, -0.2) is 24.9 Å². The molecule has 0 saturated carbocycles. The van der Waals surface area contributed by atoms with Crippen LogP contribution in [0.1, 0.15) is 35.0 Å². The minimum Gasteiger partial charge on any atom is -0.459 e. The van der Waals surface area contributed by atoms with Crippen molar-refractivity contribution in [3.05, 3.63) is 65.6 Å². The number of nitrogens with one attached hydrogen (secondary N) is 2. The van der Waals surface area contributed by atoms with Crippen molar-refractivity contribution in [1.82, 2.24) is 10.6 Å². The van der Waals surface area contributed by atoms with Gasteiger partial charge in [-0.2, -0.15) is 0 Å². The van der Waals surface area contributed by atoms with Crippen LogP contribution in [0.2, 0.25) is 0 Å². The fraction of sp³-hybridized carbons (Fsp3) is 0.263. The molecule has 5 nitrogen and oxygen atoms in total. The molecule has 0 spiro atoms. The Morgan fingerprint density at radius 2 is 1.79 bits per heavy atom. The van der Waals surface area contributed by atoms with Gasteiger partial charge in [-0.05, 0) is 36.6 Å². The molecule has 5 heteroatoms. The number of carbonyl (C=O) groups is 2. The molecule has 0 atom stereocenters. The Bertz CT molecular complexity index is 701. The van der Waals surface area contributed by atoms with Crippen LogP contribution in [0.3, 0.4) is 0 Å². The van der Waals surface area contributed by atoms with Crippen molar-refractivity contribution in [1.29, 1.82) is 0 Å². The van der Waals surface area contributed by atoms with E-state index in [0.717, 1.165) is 17.6 Å². The topological polar surface area (TPSA) is 71.3 Å². The Balaban J connectivity index is 1.80. The first-order valence-corrected chi connectivity index (χ1v) is 7.97. The van der Waals surface area contributed by atoms with Crippen LogP contribution in [0, 0.1) is 6.92 Å². The monoisotopic (exact) mass is 326 g/mol. The predicted octanol–water partition coefficient (Wildman–Crippen LogP) is 2.93. The molecule has 1 heterocycles. The molecule has 0 aliphatic rings. The van der Waals surface area contributed by atoms with Crippen LogP contribution < -0.4 is 10.6 Å². The van der Waals surface area contributed by atoms with E-state index < -0.39 is 0 Å². The minimum absolute atomic E-state index is 0.167. The van der Waals surface area contributed by atoms with E-state index in [0.29, 0.717) is 13.1 Å². The standard InChI is InChI=1S/C19H22N2O3/c1-3-15(16-8-6-14(2)7-9-16)13-18(22)20-10-11-21-19(23)17-5-4-12-24-17/h4-9,12-13H,3,10-11H2,1-2H3,(H,20,22)(H,21,23). The molecule has 0 bridgehead atoms. The largest absolute Gasteiger partial charge is 0.459 e. The molecule has 2 aromatic rings. The Kier molecular flexibility index (Phi) is 6.37. The summed E-state index contributed by atoms with van der Waals surface area (Å²) in [7, 11) is 0. The number of amides is 2. The van der Waals surface area contributed by atoms with Crippen molar-refractivity contribution in [2.45, 2.75) is 20.3 Å². The number of aryl methyl sites for hydroxylation is 1. The van der Waals surface area contributed by atoms with E-state index in [1.807, 2.05) is 38.1 Å². The summed E-state index contributed by atoms with van der Waals surface area (Å²) in [6, 6.07) is 11.3. The van der Waals surface area contributed by atoms with E-state index in [1.54, 1.807) is 18.2 Å². The molecular formula is C19H22N2O3. The van der Waals surface area contributed by atoms with Gasteiger partial charge in [0.15, 0.2) is 5.76 Å². The second kappa shape index (κ2) is 8.72. The number of carbonyl (C=O) groups excluding carboxylic acids is 2. The van der Waals surface area contributed by atoms with Gasteiger partial charge in [-0.1, -0.05) is 36.8 Å². The zero-order valence-electron chi connectivity index (χ0n) is 14.0. The van der Waals surface area contributed by atoms with Crippen LogP contribution in [0.4, 0.5) is 0 Å². The average molecular weight is 326 g/mol. The summed E-state index contributed by atoms with van der Waals surface area (Å²) >= 11 is 0. The van der Waals surface area contributed by atoms with E-state index in [9.17, 15) is 9.59 Å². The van der Waals surface area contributed by atoms with E-state index in [-0.39, 0.29) is 17.6 Å². The van der Waals surface area contributed by atoms with Gasteiger partial charge in [0.25, 0.3) is 5.91 Å². The number of hydrogen-bond acceptors (Lipinski definition) is 3. The Morgan fingerprint density at radius 3 is 2.42 bits per heavy atom. The fourth-order valence-corrected chi connectivity index (χ4v) is 2.22. The smallest absolute Gasteiger partial charge is 0.287 e. The second-order valence-electron chi connectivity index (χ2n) is 5.41. The van der Waals surface area contributed by atoms with Gasteiger partial charge in [0, 0.05) is 19.2 Å². The molecule has 0 fully saturated rings. The number of allylic oxidation sites excluding steroid dienone is 1. The zero-order chi connectivity index (χ0) is 17.4. The lowest BCUT2D eigenvalue weighted by atomic mass is 10.0. The third-order valence-corrected chi connectivity index (χ3v) is 3.56. The summed E-state index contributed by atoms with van der Waals surface area (Å²) in [5, 5.41) is 5.45. The third-order valence-electron chi connectivity index (χ3n) is 3.56. The van der Waals surface area contributed by atoms with Crippen molar-refractivity contribution < 1.29 is 14.0 Å². The second-order valence-corrected chi connectivity index (χ2v) is 5.41. The Labute approximate surface area is 141 Å². The molecule has 0 radical (unpaired) electrons. The molecule has 2 amide bonds. The van der Waals surface area contributed by atoms with Gasteiger partial charge in [-0.3, -0.25) is 9.59 Å². The lowest BCUT2D eigenvalue weighted by Gasteiger charge is -2.07. The fourth-order valence-electron chi connectivity index (χ4n) is 2.22. The first-order chi connectivity index (χ1) is 11.6. The molecule has 0 unspecified atom stereocenters. The van der Waals surface area contributed by atoms with Crippen LogP contribution in [0.5, 0.6) is 0 Å². The van der Waals surface area contributed by atoms with Gasteiger partial charge in [-0.25, -0.2) is 0 Å². The summed E-state index contributed by atoms with van der Waals surface area (Å²) in [4.78, 5) is 23.7. The molecule has 1 aromatic carbocycles. The molecule has 2 rings (SSSR count). The normalized spacial score (nSPS) is 11.2. The predicted molar refractivity (Wildman–Crippen MR) is 93.5 cm³/mol. The van der Waals surface area contributed by atoms with Gasteiger partial charge in [-0.15, -0.1) is 0 Å². The SMILES string of the molecule is CCC(=CC(=O)NCCNC(=O)c1ccco1)c1ccc(C)cc1. The van der Waals surface area contributed by atoms with Crippen molar-refractivity contribution in [3.8, 4) is 0 Å². The number of furan rings is 1. The highest BCUT2D eigenvalue weighted by atomic mass is 16.3. The van der Waals surface area contributed by atoms with Crippen LogP contribution in [0.15, 0.2) is 53.2 Å². The van der Waals surface area contributed by atoms with Gasteiger partial charge < -0.3 is 15.1 Å². The number of rotatable bonds is 7. The maximum atomic E-state index is 12.0. The van der Waals surface area contributed by atoms with Crippen molar-refractivity contribution in [2.75, 3.05) is 13.1 Å². The third kappa shape index (κ3) is 5.12. The first kappa shape index (κ1) is 17.5. The molecule has 24 heavy (non-hydrogen) atoms. The van der Waals surface area contributed by atoms with Gasteiger partial charge in [0.2, 0.25) is 5.91 Å². The van der Waals surface area contributed by atoms with E-state index in [4.69, 9.17) is 4.42 Å². The highest BCUT2D eigenvalue weighted by Crippen LogP contribution is 2.18. The molecule has 0 aliphatic carbocycles. The maximum Gasteiger partial charge on any atom is 0.287 e. The summed E-state index contributed by atoms with van der Waals surface area (Å²) in [6.45, 7) is 4.74.